The summed E-state index contributed by atoms with van der Waals surface area (Å²) in [6, 6.07) is 2.59. The van der Waals surface area contributed by atoms with Crippen molar-refractivity contribution in [3.8, 4) is 5.75 Å². The third kappa shape index (κ3) is 5.35. The van der Waals surface area contributed by atoms with E-state index in [2.05, 4.69) is 5.32 Å². The summed E-state index contributed by atoms with van der Waals surface area (Å²) in [4.78, 5) is 11.2. The number of carbonyl (C=O) groups is 1. The Hall–Kier alpha value is -1.02. The highest BCUT2D eigenvalue weighted by molar-refractivity contribution is 7.89. The van der Waals surface area contributed by atoms with Crippen molar-refractivity contribution in [1.82, 2.24) is 5.32 Å². The van der Waals surface area contributed by atoms with Crippen molar-refractivity contribution < 1.29 is 17.9 Å². The molecular formula is C12H16Cl2N2O4S. The average molecular weight is 355 g/mol. The van der Waals surface area contributed by atoms with Crippen molar-refractivity contribution in [3.63, 3.8) is 0 Å². The van der Waals surface area contributed by atoms with Crippen LogP contribution in [0.1, 0.15) is 20.3 Å². The van der Waals surface area contributed by atoms with Crippen LogP contribution in [0.2, 0.25) is 10.0 Å². The zero-order valence-electron chi connectivity index (χ0n) is 11.5. The zero-order valence-corrected chi connectivity index (χ0v) is 13.8. The molecule has 3 N–H and O–H groups in total. The van der Waals surface area contributed by atoms with Gasteiger partial charge in [-0.25, -0.2) is 13.6 Å². The molecule has 0 fully saturated rings. The van der Waals surface area contributed by atoms with E-state index in [-0.39, 0.29) is 45.7 Å². The van der Waals surface area contributed by atoms with Gasteiger partial charge in [0.15, 0.2) is 0 Å². The molecule has 118 valence electrons. The zero-order chi connectivity index (χ0) is 16.2. The second-order valence-corrected chi connectivity index (χ2v) is 6.84. The summed E-state index contributed by atoms with van der Waals surface area (Å²) in [5, 5.41) is 7.44. The molecule has 1 amide bonds. The third-order valence-corrected chi connectivity index (χ3v) is 4.28. The number of primary sulfonamides is 1. The van der Waals surface area contributed by atoms with Gasteiger partial charge in [0, 0.05) is 6.04 Å². The summed E-state index contributed by atoms with van der Waals surface area (Å²) in [6.45, 7) is 3.78. The molecule has 9 heteroatoms. The molecule has 0 aliphatic rings. The number of nitrogens with two attached hydrogens (primary N) is 1. The topological polar surface area (TPSA) is 98.5 Å². The van der Waals surface area contributed by atoms with Crippen LogP contribution in [0.4, 0.5) is 0 Å². The van der Waals surface area contributed by atoms with Gasteiger partial charge in [0.25, 0.3) is 0 Å². The Kier molecular flexibility index (Phi) is 6.27. The third-order valence-electron chi connectivity index (χ3n) is 2.35. The van der Waals surface area contributed by atoms with Crippen LogP contribution in [-0.4, -0.2) is 27.0 Å². The lowest BCUT2D eigenvalue weighted by Gasteiger charge is -2.12. The predicted octanol–water partition coefficient (Wildman–Crippen LogP) is 1.93. The number of ether oxygens (including phenoxy) is 1. The molecule has 0 saturated carbocycles. The molecule has 0 spiro atoms. The molecule has 0 aliphatic carbocycles. The SMILES string of the molecule is CC(C)NC(=O)CCOc1ccc(S(N)(=O)=O)c(Cl)c1Cl. The van der Waals surface area contributed by atoms with Gasteiger partial charge in [-0.1, -0.05) is 23.2 Å². The number of halogens is 2. The van der Waals surface area contributed by atoms with E-state index in [1.54, 1.807) is 0 Å². The average Bonchev–Trinajstić information content (AvgIpc) is 2.32. The molecule has 0 bridgehead atoms. The molecule has 21 heavy (non-hydrogen) atoms. The molecule has 1 aromatic rings. The molecule has 1 aromatic carbocycles. The summed E-state index contributed by atoms with van der Waals surface area (Å²) in [5.41, 5.74) is 0. The number of sulfonamides is 1. The molecule has 6 nitrogen and oxygen atoms in total. The van der Waals surface area contributed by atoms with E-state index in [0.717, 1.165) is 0 Å². The lowest BCUT2D eigenvalue weighted by Crippen LogP contribution is -2.31. The van der Waals surface area contributed by atoms with Crippen molar-refractivity contribution >= 4 is 39.1 Å². The van der Waals surface area contributed by atoms with Gasteiger partial charge in [0.2, 0.25) is 15.9 Å². The summed E-state index contributed by atoms with van der Waals surface area (Å²) in [5.74, 6) is 0.0276. The van der Waals surface area contributed by atoms with Crippen molar-refractivity contribution in [2.24, 2.45) is 5.14 Å². The van der Waals surface area contributed by atoms with Crippen molar-refractivity contribution in [2.75, 3.05) is 6.61 Å². The second-order valence-electron chi connectivity index (χ2n) is 4.56. The maximum absolute atomic E-state index is 11.4. The van der Waals surface area contributed by atoms with Gasteiger partial charge in [-0.3, -0.25) is 4.79 Å². The first-order valence-corrected chi connectivity index (χ1v) is 8.36. The van der Waals surface area contributed by atoms with Crippen LogP contribution in [0.5, 0.6) is 5.75 Å². The summed E-state index contributed by atoms with van der Waals surface area (Å²) in [7, 11) is -3.96. The van der Waals surface area contributed by atoms with Gasteiger partial charge in [0.1, 0.15) is 15.7 Å². The van der Waals surface area contributed by atoms with Gasteiger partial charge >= 0.3 is 0 Å². The summed E-state index contributed by atoms with van der Waals surface area (Å²) < 4.78 is 27.9. The largest absolute Gasteiger partial charge is 0.491 e. The van der Waals surface area contributed by atoms with E-state index < -0.39 is 10.0 Å². The number of rotatable bonds is 6. The number of carbonyl (C=O) groups excluding carboxylic acids is 1. The number of hydrogen-bond acceptors (Lipinski definition) is 4. The molecule has 1 rings (SSSR count). The lowest BCUT2D eigenvalue weighted by atomic mass is 10.3. The fourth-order valence-electron chi connectivity index (χ4n) is 1.49. The molecule has 0 heterocycles. The Morgan fingerprint density at radius 1 is 1.33 bits per heavy atom. The molecule has 0 unspecified atom stereocenters. The van der Waals surface area contributed by atoms with E-state index in [0.29, 0.717) is 0 Å². The highest BCUT2D eigenvalue weighted by Crippen LogP contribution is 2.36. The van der Waals surface area contributed by atoms with Crippen molar-refractivity contribution in [1.29, 1.82) is 0 Å². The van der Waals surface area contributed by atoms with Gasteiger partial charge in [0.05, 0.1) is 18.1 Å². The minimum Gasteiger partial charge on any atom is -0.491 e. The quantitative estimate of drug-likeness (QED) is 0.815. The van der Waals surface area contributed by atoms with Gasteiger partial charge in [-0.2, -0.15) is 0 Å². The fourth-order valence-corrected chi connectivity index (χ4v) is 2.86. The molecule has 0 aliphatic heterocycles. The molecule has 0 radical (unpaired) electrons. The maximum atomic E-state index is 11.4. The highest BCUT2D eigenvalue weighted by Gasteiger charge is 2.18. The van der Waals surface area contributed by atoms with Gasteiger partial charge in [-0.05, 0) is 26.0 Å². The predicted molar refractivity (Wildman–Crippen MR) is 81.2 cm³/mol. The first-order valence-electron chi connectivity index (χ1n) is 6.06. The van der Waals surface area contributed by atoms with E-state index in [1.165, 1.54) is 12.1 Å². The molecule has 0 aromatic heterocycles. The van der Waals surface area contributed by atoms with E-state index in [4.69, 9.17) is 33.1 Å². The minimum absolute atomic E-state index is 0.0459. The van der Waals surface area contributed by atoms with Crippen LogP contribution in [0.3, 0.4) is 0 Å². The first-order chi connectivity index (χ1) is 9.62. The van der Waals surface area contributed by atoms with Crippen molar-refractivity contribution in [3.05, 3.63) is 22.2 Å². The van der Waals surface area contributed by atoms with Crippen LogP contribution in [-0.2, 0) is 14.8 Å². The molecular weight excluding hydrogens is 339 g/mol. The monoisotopic (exact) mass is 354 g/mol. The number of nitrogens with one attached hydrogen (secondary N) is 1. The van der Waals surface area contributed by atoms with Crippen LogP contribution in [0.15, 0.2) is 17.0 Å². The Morgan fingerprint density at radius 3 is 2.48 bits per heavy atom. The maximum Gasteiger partial charge on any atom is 0.239 e. The molecule has 0 saturated heterocycles. The fraction of sp³-hybridized carbons (Fsp3) is 0.417. The van der Waals surface area contributed by atoms with Crippen LogP contribution in [0, 0.1) is 0 Å². The Labute approximate surface area is 133 Å². The van der Waals surface area contributed by atoms with Crippen LogP contribution < -0.4 is 15.2 Å². The Morgan fingerprint density at radius 2 is 1.95 bits per heavy atom. The number of benzene rings is 1. The number of amides is 1. The summed E-state index contributed by atoms with van der Waals surface area (Å²) in [6.07, 6.45) is 0.142. The van der Waals surface area contributed by atoms with E-state index >= 15 is 0 Å². The van der Waals surface area contributed by atoms with Gasteiger partial charge < -0.3 is 10.1 Å². The minimum atomic E-state index is -3.96. The second kappa shape index (κ2) is 7.31. The first kappa shape index (κ1) is 18.0. The molecule has 0 atom stereocenters. The number of hydrogen-bond donors (Lipinski definition) is 2. The van der Waals surface area contributed by atoms with E-state index in [9.17, 15) is 13.2 Å². The summed E-state index contributed by atoms with van der Waals surface area (Å²) >= 11 is 11.8. The van der Waals surface area contributed by atoms with E-state index in [1.807, 2.05) is 13.8 Å². The highest BCUT2D eigenvalue weighted by atomic mass is 35.5. The van der Waals surface area contributed by atoms with Gasteiger partial charge in [-0.15, -0.1) is 0 Å². The van der Waals surface area contributed by atoms with Crippen LogP contribution in [0.25, 0.3) is 0 Å². The lowest BCUT2D eigenvalue weighted by molar-refractivity contribution is -0.122. The van der Waals surface area contributed by atoms with Crippen molar-refractivity contribution in [2.45, 2.75) is 31.2 Å². The smallest absolute Gasteiger partial charge is 0.239 e. The van der Waals surface area contributed by atoms with Crippen LogP contribution >= 0.6 is 23.2 Å². The Bertz CT molecular complexity index is 632. The Balaban J connectivity index is 2.74. The standard InChI is InChI=1S/C12H16Cl2N2O4S/c1-7(2)16-10(17)5-6-20-8-3-4-9(21(15,18)19)12(14)11(8)13/h3-4,7H,5-6H2,1-2H3,(H,16,17)(H2,15,18,19). The normalized spacial score (nSPS) is 11.5.